The summed E-state index contributed by atoms with van der Waals surface area (Å²) < 4.78 is 1.13. The maximum atomic E-state index is 12.3. The molecule has 8 heteroatoms. The fraction of sp³-hybridized carbons (Fsp3) is 0.556. The van der Waals surface area contributed by atoms with Crippen LogP contribution in [0, 0.1) is 0 Å². The van der Waals surface area contributed by atoms with Crippen molar-refractivity contribution in [3.05, 3.63) is 34.8 Å². The number of likely N-dealkylation sites (N-methyl/N-ethyl adjacent to an activating group) is 1. The van der Waals surface area contributed by atoms with Crippen LogP contribution < -0.4 is 5.32 Å². The van der Waals surface area contributed by atoms with E-state index < -0.39 is 0 Å². The van der Waals surface area contributed by atoms with Gasteiger partial charge in [-0.25, -0.2) is 0 Å². The summed E-state index contributed by atoms with van der Waals surface area (Å²) in [5.74, 6) is 1.16. The van der Waals surface area contributed by atoms with Crippen LogP contribution in [0.25, 0.3) is 0 Å². The third-order valence-electron chi connectivity index (χ3n) is 4.92. The molecule has 1 unspecified atom stereocenters. The Morgan fingerprint density at radius 1 is 1.35 bits per heavy atom. The third-order valence-corrected chi connectivity index (χ3v) is 6.37. The topological polar surface area (TPSA) is 52.7 Å². The van der Waals surface area contributed by atoms with Gasteiger partial charge >= 0.3 is 0 Å². The molecule has 1 spiro atoms. The lowest BCUT2D eigenvalue weighted by Crippen LogP contribution is -2.58. The van der Waals surface area contributed by atoms with Crippen LogP contribution in [0.1, 0.15) is 19.3 Å². The molecule has 2 aliphatic rings. The van der Waals surface area contributed by atoms with Crippen molar-refractivity contribution in [2.24, 2.45) is 0 Å². The van der Waals surface area contributed by atoms with Crippen LogP contribution in [0.3, 0.4) is 0 Å². The highest BCUT2D eigenvalue weighted by Crippen LogP contribution is 2.32. The fourth-order valence-electron chi connectivity index (χ4n) is 3.32. The quantitative estimate of drug-likeness (QED) is 0.679. The molecular weight excluding hydrogens is 434 g/mol. The van der Waals surface area contributed by atoms with Crippen molar-refractivity contribution < 1.29 is 9.59 Å². The largest absolute Gasteiger partial charge is 0.334 e. The van der Waals surface area contributed by atoms with Crippen LogP contribution in [-0.4, -0.2) is 64.8 Å². The molecule has 1 aromatic rings. The Labute approximate surface area is 173 Å². The number of benzene rings is 1. The van der Waals surface area contributed by atoms with E-state index in [1.54, 1.807) is 16.7 Å². The van der Waals surface area contributed by atoms with Gasteiger partial charge < -0.3 is 9.80 Å². The summed E-state index contributed by atoms with van der Waals surface area (Å²) in [5.41, 5.74) is -0.264. The summed E-state index contributed by atoms with van der Waals surface area (Å²) in [5, 5.41) is 3.32. The number of halogens is 1. The maximum absolute atomic E-state index is 12.3. The second-order valence-electron chi connectivity index (χ2n) is 6.47. The van der Waals surface area contributed by atoms with E-state index in [1.807, 2.05) is 42.3 Å². The number of amides is 2. The number of likely N-dealkylation sites (tertiary alicyclic amines) is 1. The standard InChI is InChI=1S/C12H21N3O2S2.C6H5Br/c1-14-10(16)9(3-8-19-2)13-12(14)4-6-15(7-5-12)11(17)18;7-6-4-2-1-3-5-6/h9,13H,3-8H2,1-2H3,(H,17,18);1-5H. The Kier molecular flexibility index (Phi) is 8.32. The lowest BCUT2D eigenvalue weighted by molar-refractivity contribution is -0.131. The van der Waals surface area contributed by atoms with Crippen LogP contribution in [-0.2, 0) is 4.79 Å². The first-order valence-corrected chi connectivity index (χ1v) is 11.3. The Morgan fingerprint density at radius 2 is 1.96 bits per heavy atom. The average Bonchev–Trinajstić information content (AvgIpc) is 2.86. The number of hydrogen-bond acceptors (Lipinski definition) is 4. The Bertz CT molecular complexity index is 610. The fourth-order valence-corrected chi connectivity index (χ4v) is 4.30. The number of nitrogens with one attached hydrogen (secondary N) is 1. The van der Waals surface area contributed by atoms with Crippen molar-refractivity contribution in [3.63, 3.8) is 0 Å². The minimum absolute atomic E-state index is 0.0734. The molecule has 5 nitrogen and oxygen atoms in total. The van der Waals surface area contributed by atoms with Gasteiger partial charge in [0, 0.05) is 37.5 Å². The summed E-state index contributed by atoms with van der Waals surface area (Å²) in [6.07, 6.45) is 4.46. The molecule has 2 saturated heterocycles. The van der Waals surface area contributed by atoms with Crippen molar-refractivity contribution >= 4 is 51.5 Å². The van der Waals surface area contributed by atoms with Gasteiger partial charge in [0.15, 0.2) is 0 Å². The van der Waals surface area contributed by atoms with Gasteiger partial charge in [0.25, 0.3) is 5.24 Å². The minimum atomic E-state index is -0.264. The number of piperidine rings is 1. The lowest BCUT2D eigenvalue weighted by atomic mass is 9.97. The van der Waals surface area contributed by atoms with E-state index in [4.69, 9.17) is 0 Å². The molecule has 26 heavy (non-hydrogen) atoms. The molecule has 0 aromatic heterocycles. The molecule has 2 amide bonds. The zero-order chi connectivity index (χ0) is 19.2. The van der Waals surface area contributed by atoms with Gasteiger partial charge in [0.2, 0.25) is 5.91 Å². The number of carbonyl (C=O) groups is 2. The van der Waals surface area contributed by atoms with Gasteiger partial charge in [-0.1, -0.05) is 46.8 Å². The number of thioether (sulfide) groups is 1. The van der Waals surface area contributed by atoms with E-state index in [-0.39, 0.29) is 22.9 Å². The van der Waals surface area contributed by atoms with Crippen LogP contribution in [0.4, 0.5) is 4.79 Å². The van der Waals surface area contributed by atoms with Gasteiger partial charge in [-0.3, -0.25) is 14.9 Å². The van der Waals surface area contributed by atoms with Crippen molar-refractivity contribution in [2.45, 2.75) is 31.0 Å². The molecule has 2 aliphatic heterocycles. The molecule has 2 fully saturated rings. The minimum Gasteiger partial charge on any atom is -0.334 e. The van der Waals surface area contributed by atoms with Crippen LogP contribution in [0.15, 0.2) is 34.8 Å². The number of nitrogens with zero attached hydrogens (tertiary/aromatic N) is 2. The highest BCUT2D eigenvalue weighted by molar-refractivity contribution is 9.10. The first kappa shape index (κ1) is 21.6. The molecule has 144 valence electrons. The molecule has 1 atom stereocenters. The van der Waals surface area contributed by atoms with Crippen molar-refractivity contribution in [3.8, 4) is 0 Å². The summed E-state index contributed by atoms with van der Waals surface area (Å²) in [4.78, 5) is 27.1. The van der Waals surface area contributed by atoms with Crippen LogP contribution >= 0.6 is 40.3 Å². The predicted octanol–water partition coefficient (Wildman–Crippen LogP) is 3.46. The predicted molar refractivity (Wildman–Crippen MR) is 115 cm³/mol. The number of rotatable bonds is 3. The first-order valence-electron chi connectivity index (χ1n) is 8.62. The van der Waals surface area contributed by atoms with E-state index >= 15 is 0 Å². The summed E-state index contributed by atoms with van der Waals surface area (Å²) in [7, 11) is 1.87. The maximum Gasteiger partial charge on any atom is 0.278 e. The monoisotopic (exact) mass is 459 g/mol. The number of carbonyl (C=O) groups excluding carboxylic acids is 2. The molecule has 1 aromatic carbocycles. The average molecular weight is 460 g/mol. The third kappa shape index (κ3) is 5.41. The van der Waals surface area contributed by atoms with Gasteiger partial charge in [0.05, 0.1) is 11.7 Å². The van der Waals surface area contributed by atoms with Crippen molar-refractivity contribution in [2.75, 3.05) is 32.1 Å². The first-order chi connectivity index (χ1) is 12.4. The smallest absolute Gasteiger partial charge is 0.278 e. The van der Waals surface area contributed by atoms with Gasteiger partial charge in [-0.15, -0.1) is 0 Å². The normalized spacial score (nSPS) is 21.5. The summed E-state index contributed by atoms with van der Waals surface area (Å²) >= 11 is 8.93. The van der Waals surface area contributed by atoms with E-state index in [9.17, 15) is 9.59 Å². The second-order valence-corrected chi connectivity index (χ2v) is 8.76. The number of thiol groups is 1. The highest BCUT2D eigenvalue weighted by Gasteiger charge is 2.49. The van der Waals surface area contributed by atoms with Crippen LogP contribution in [0.5, 0.6) is 0 Å². The molecule has 1 N–H and O–H groups in total. The highest BCUT2D eigenvalue weighted by atomic mass is 79.9. The Balaban J connectivity index is 0.000000290. The Hall–Kier alpha value is -0.700. The SMILES string of the molecule is Brc1ccccc1.CSCCC1NC2(CCN(C(=O)S)CC2)N(C)C1=O. The van der Waals surface area contributed by atoms with E-state index in [1.165, 1.54) is 0 Å². The zero-order valence-electron chi connectivity index (χ0n) is 15.2. The molecular formula is C18H26BrN3O2S2. The molecule has 0 bridgehead atoms. The van der Waals surface area contributed by atoms with Gasteiger partial charge in [-0.2, -0.15) is 11.8 Å². The molecule has 3 rings (SSSR count). The molecule has 2 heterocycles. The summed E-state index contributed by atoms with van der Waals surface area (Å²) in [6.45, 7) is 1.31. The second kappa shape index (κ2) is 10.0. The van der Waals surface area contributed by atoms with Crippen molar-refractivity contribution in [1.82, 2.24) is 15.1 Å². The molecule has 0 saturated carbocycles. The Morgan fingerprint density at radius 3 is 2.42 bits per heavy atom. The lowest BCUT2D eigenvalue weighted by Gasteiger charge is -2.42. The summed E-state index contributed by atoms with van der Waals surface area (Å²) in [6, 6.07) is 9.90. The van der Waals surface area contributed by atoms with E-state index in [2.05, 4.69) is 40.1 Å². The molecule has 0 aliphatic carbocycles. The van der Waals surface area contributed by atoms with E-state index in [0.29, 0.717) is 13.1 Å². The molecule has 0 radical (unpaired) electrons. The van der Waals surface area contributed by atoms with Crippen LogP contribution in [0.2, 0.25) is 0 Å². The van der Waals surface area contributed by atoms with Gasteiger partial charge in [0.1, 0.15) is 0 Å². The van der Waals surface area contributed by atoms with E-state index in [0.717, 1.165) is 29.5 Å². The van der Waals surface area contributed by atoms with Gasteiger partial charge in [-0.05, 0) is 30.6 Å². The number of hydrogen-bond donors (Lipinski definition) is 2. The van der Waals surface area contributed by atoms with Crippen molar-refractivity contribution in [1.29, 1.82) is 0 Å². The zero-order valence-corrected chi connectivity index (χ0v) is 18.4.